The van der Waals surface area contributed by atoms with Crippen LogP contribution in [0.15, 0.2) is 87.5 Å². The number of rotatable bonds is 7. The largest absolute Gasteiger partial charge is 0.314 e. The molecular weight excluding hydrogens is 508 g/mol. The predicted molar refractivity (Wildman–Crippen MR) is 136 cm³/mol. The van der Waals surface area contributed by atoms with Crippen molar-refractivity contribution in [3.63, 3.8) is 0 Å². The number of nitrogens with one attached hydrogen (secondary N) is 1. The molecule has 0 aliphatic carbocycles. The van der Waals surface area contributed by atoms with Gasteiger partial charge in [0.25, 0.3) is 5.91 Å². The molecule has 0 saturated carbocycles. The maximum Gasteiger partial charge on any atom is 0.250 e. The zero-order valence-corrected chi connectivity index (χ0v) is 20.4. The topological polar surface area (TPSA) is 59.3 Å². The third-order valence-corrected chi connectivity index (χ3v) is 6.57. The fourth-order valence-corrected chi connectivity index (χ4v) is 4.35. The summed E-state index contributed by atoms with van der Waals surface area (Å²) >= 11 is 10.8. The lowest BCUT2D eigenvalue weighted by Gasteiger charge is -2.09. The summed E-state index contributed by atoms with van der Waals surface area (Å²) in [5.74, 6) is 0.0256. The summed E-state index contributed by atoms with van der Waals surface area (Å²) in [7, 11) is 0. The Balaban J connectivity index is 1.46. The van der Waals surface area contributed by atoms with Gasteiger partial charge in [-0.2, -0.15) is 5.10 Å². The monoisotopic (exact) mass is 526 g/mol. The second kappa shape index (κ2) is 10.3. The van der Waals surface area contributed by atoms with E-state index >= 15 is 0 Å². The number of thioether (sulfide) groups is 1. The van der Waals surface area contributed by atoms with Crippen LogP contribution in [0, 0.1) is 0 Å². The van der Waals surface area contributed by atoms with Crippen LogP contribution in [0.5, 0.6) is 0 Å². The Morgan fingerprint density at radius 1 is 1.09 bits per heavy atom. The highest BCUT2D eigenvalue weighted by Crippen LogP contribution is 2.25. The minimum atomic E-state index is -0.184. The number of aromatic nitrogens is 2. The summed E-state index contributed by atoms with van der Waals surface area (Å²) in [6.07, 6.45) is 0. The summed E-state index contributed by atoms with van der Waals surface area (Å²) in [5.41, 5.74) is 7.36. The van der Waals surface area contributed by atoms with Crippen LogP contribution in [0.3, 0.4) is 0 Å². The number of nitrogens with zero attached hydrogens (tertiary/aromatic N) is 3. The number of carbonyl (C=O) groups is 1. The molecule has 0 bridgehead atoms. The van der Waals surface area contributed by atoms with Crippen molar-refractivity contribution in [3.05, 3.63) is 93.4 Å². The molecule has 1 N–H and O–H groups in total. The van der Waals surface area contributed by atoms with E-state index in [-0.39, 0.29) is 11.7 Å². The number of halogens is 2. The first-order valence-electron chi connectivity index (χ1n) is 9.91. The summed E-state index contributed by atoms with van der Waals surface area (Å²) in [4.78, 5) is 17.2. The van der Waals surface area contributed by atoms with Crippen molar-refractivity contribution >= 4 is 61.9 Å². The number of benzene rings is 3. The highest BCUT2D eigenvalue weighted by molar-refractivity contribution is 9.10. The number of imidazole rings is 1. The van der Waals surface area contributed by atoms with Crippen LogP contribution < -0.4 is 5.43 Å². The Labute approximate surface area is 204 Å². The molecule has 0 spiro atoms. The van der Waals surface area contributed by atoms with Crippen molar-refractivity contribution in [3.8, 4) is 0 Å². The van der Waals surface area contributed by atoms with E-state index in [0.717, 1.165) is 37.5 Å². The van der Waals surface area contributed by atoms with Crippen molar-refractivity contribution in [2.45, 2.75) is 18.6 Å². The highest BCUT2D eigenvalue weighted by Gasteiger charge is 2.13. The number of hydrogen-bond acceptors (Lipinski definition) is 4. The van der Waals surface area contributed by atoms with Crippen LogP contribution >= 0.6 is 39.3 Å². The van der Waals surface area contributed by atoms with Gasteiger partial charge in [-0.05, 0) is 54.4 Å². The van der Waals surface area contributed by atoms with Crippen molar-refractivity contribution in [1.29, 1.82) is 0 Å². The second-order valence-electron chi connectivity index (χ2n) is 7.12. The standard InChI is InChI=1S/C24H20BrClN4OS/c1-16(18-8-10-19(25)11-9-18)28-29-23(31)15-32-24-27-21-4-2-3-5-22(21)30(24)14-17-6-12-20(26)13-7-17/h2-13H,14-15H2,1H3,(H,29,31). The molecule has 0 aliphatic heterocycles. The Morgan fingerprint density at radius 2 is 1.81 bits per heavy atom. The second-order valence-corrected chi connectivity index (χ2v) is 9.42. The number of fused-ring (bicyclic) bond motifs is 1. The van der Waals surface area contributed by atoms with Gasteiger partial charge in [0.05, 0.1) is 29.0 Å². The molecule has 1 amide bonds. The molecule has 32 heavy (non-hydrogen) atoms. The lowest BCUT2D eigenvalue weighted by molar-refractivity contribution is -0.118. The van der Waals surface area contributed by atoms with Crippen LogP contribution in [0.4, 0.5) is 0 Å². The number of hydrazone groups is 1. The van der Waals surface area contributed by atoms with Gasteiger partial charge in [-0.15, -0.1) is 0 Å². The minimum Gasteiger partial charge on any atom is -0.314 e. The van der Waals surface area contributed by atoms with Crippen molar-refractivity contribution < 1.29 is 4.79 Å². The SMILES string of the molecule is CC(=NNC(=O)CSc1nc2ccccc2n1Cc1ccc(Cl)cc1)c1ccc(Br)cc1. The third-order valence-electron chi connectivity index (χ3n) is 4.82. The van der Waals surface area contributed by atoms with Crippen LogP contribution in [-0.4, -0.2) is 26.9 Å². The lowest BCUT2D eigenvalue weighted by atomic mass is 10.1. The van der Waals surface area contributed by atoms with Gasteiger partial charge in [0, 0.05) is 9.50 Å². The summed E-state index contributed by atoms with van der Waals surface area (Å²) < 4.78 is 3.11. The van der Waals surface area contributed by atoms with Gasteiger partial charge in [-0.25, -0.2) is 10.4 Å². The number of para-hydroxylation sites is 2. The van der Waals surface area contributed by atoms with Crippen LogP contribution in [-0.2, 0) is 11.3 Å². The van der Waals surface area contributed by atoms with Gasteiger partial charge in [-0.3, -0.25) is 4.79 Å². The first-order chi connectivity index (χ1) is 15.5. The van der Waals surface area contributed by atoms with Crippen molar-refractivity contribution in [2.75, 3.05) is 5.75 Å². The summed E-state index contributed by atoms with van der Waals surface area (Å²) in [5, 5.41) is 5.71. The summed E-state index contributed by atoms with van der Waals surface area (Å²) in [6.45, 7) is 2.50. The molecule has 0 aliphatic rings. The molecule has 0 unspecified atom stereocenters. The van der Waals surface area contributed by atoms with Gasteiger partial charge in [-0.1, -0.05) is 75.7 Å². The van der Waals surface area contributed by atoms with E-state index in [1.807, 2.05) is 79.7 Å². The average Bonchev–Trinajstić information content (AvgIpc) is 3.15. The van der Waals surface area contributed by atoms with E-state index in [4.69, 9.17) is 16.6 Å². The number of amides is 1. The fraction of sp³-hybridized carbons (Fsp3) is 0.125. The predicted octanol–water partition coefficient (Wildman–Crippen LogP) is 6.13. The van der Waals surface area contributed by atoms with E-state index in [9.17, 15) is 4.79 Å². The molecular formula is C24H20BrClN4OS. The number of carbonyl (C=O) groups excluding carboxylic acids is 1. The van der Waals surface area contributed by atoms with E-state index < -0.39 is 0 Å². The average molecular weight is 528 g/mol. The highest BCUT2D eigenvalue weighted by atomic mass is 79.9. The first kappa shape index (κ1) is 22.6. The Bertz CT molecular complexity index is 1270. The molecule has 1 aromatic heterocycles. The Kier molecular flexibility index (Phi) is 7.29. The summed E-state index contributed by atoms with van der Waals surface area (Å²) in [6, 6.07) is 23.5. The minimum absolute atomic E-state index is 0.184. The van der Waals surface area contributed by atoms with Crippen LogP contribution in [0.1, 0.15) is 18.1 Å². The van der Waals surface area contributed by atoms with E-state index in [2.05, 4.69) is 31.0 Å². The van der Waals surface area contributed by atoms with Crippen LogP contribution in [0.25, 0.3) is 11.0 Å². The molecule has 1 heterocycles. The smallest absolute Gasteiger partial charge is 0.250 e. The van der Waals surface area contributed by atoms with Gasteiger partial charge in [0.2, 0.25) is 0 Å². The molecule has 4 rings (SSSR count). The third kappa shape index (κ3) is 5.59. The van der Waals surface area contributed by atoms with Gasteiger partial charge in [0.1, 0.15) is 0 Å². The molecule has 4 aromatic rings. The molecule has 5 nitrogen and oxygen atoms in total. The van der Waals surface area contributed by atoms with E-state index in [0.29, 0.717) is 11.6 Å². The van der Waals surface area contributed by atoms with Crippen molar-refractivity contribution in [1.82, 2.24) is 15.0 Å². The molecule has 0 fully saturated rings. The zero-order chi connectivity index (χ0) is 22.5. The molecule has 0 radical (unpaired) electrons. The van der Waals surface area contributed by atoms with E-state index in [1.54, 1.807) is 0 Å². The lowest BCUT2D eigenvalue weighted by Crippen LogP contribution is -2.21. The van der Waals surface area contributed by atoms with Crippen LogP contribution in [0.2, 0.25) is 5.02 Å². The van der Waals surface area contributed by atoms with E-state index in [1.165, 1.54) is 11.8 Å². The fourth-order valence-electron chi connectivity index (χ4n) is 3.15. The number of hydrogen-bond donors (Lipinski definition) is 1. The molecule has 0 atom stereocenters. The normalized spacial score (nSPS) is 11.7. The van der Waals surface area contributed by atoms with Crippen molar-refractivity contribution in [2.24, 2.45) is 5.10 Å². The molecule has 3 aromatic carbocycles. The zero-order valence-electron chi connectivity index (χ0n) is 17.3. The molecule has 162 valence electrons. The molecule has 0 saturated heterocycles. The maximum absolute atomic E-state index is 12.4. The quantitative estimate of drug-likeness (QED) is 0.179. The van der Waals surface area contributed by atoms with Gasteiger partial charge in [0.15, 0.2) is 5.16 Å². The Hall–Kier alpha value is -2.61. The first-order valence-corrected chi connectivity index (χ1v) is 12.1. The van der Waals surface area contributed by atoms with Gasteiger partial charge >= 0.3 is 0 Å². The Morgan fingerprint density at radius 3 is 2.56 bits per heavy atom. The van der Waals surface area contributed by atoms with Gasteiger partial charge < -0.3 is 4.57 Å². The maximum atomic E-state index is 12.4. The molecule has 8 heteroatoms.